The van der Waals surface area contributed by atoms with Crippen LogP contribution in [0, 0.1) is 0 Å². The third kappa shape index (κ3) is 2.87. The zero-order chi connectivity index (χ0) is 13.9. The van der Waals surface area contributed by atoms with Gasteiger partial charge in [-0.1, -0.05) is 0 Å². The molecule has 2 aliphatic rings. The number of nitrogens with zero attached hydrogens (tertiary/aromatic N) is 4. The van der Waals surface area contributed by atoms with Gasteiger partial charge < -0.3 is 9.47 Å². The van der Waals surface area contributed by atoms with Crippen molar-refractivity contribution in [3.8, 4) is 0 Å². The quantitative estimate of drug-likeness (QED) is 0.834. The van der Waals surface area contributed by atoms with E-state index < -0.39 is 0 Å². The lowest BCUT2D eigenvalue weighted by molar-refractivity contribution is -0.136. The molecule has 0 radical (unpaired) electrons. The van der Waals surface area contributed by atoms with Crippen molar-refractivity contribution < 1.29 is 4.79 Å². The predicted octanol–water partition coefficient (Wildman–Crippen LogP) is 1.36. The Bertz CT molecular complexity index is 445. The van der Waals surface area contributed by atoms with Crippen LogP contribution in [-0.2, 0) is 11.3 Å². The van der Waals surface area contributed by atoms with Gasteiger partial charge in [0.05, 0.1) is 6.33 Å². The van der Waals surface area contributed by atoms with Crippen molar-refractivity contribution >= 4 is 5.91 Å². The Kier molecular flexibility index (Phi) is 4.05. The van der Waals surface area contributed by atoms with E-state index in [1.165, 1.54) is 19.4 Å². The number of rotatable bonds is 4. The topological polar surface area (TPSA) is 41.4 Å². The van der Waals surface area contributed by atoms with Gasteiger partial charge in [-0.05, 0) is 32.7 Å². The summed E-state index contributed by atoms with van der Waals surface area (Å²) >= 11 is 0. The van der Waals surface area contributed by atoms with Gasteiger partial charge in [-0.15, -0.1) is 0 Å². The van der Waals surface area contributed by atoms with Crippen LogP contribution in [0.3, 0.4) is 0 Å². The Morgan fingerprint density at radius 3 is 3.10 bits per heavy atom. The zero-order valence-electron chi connectivity index (χ0n) is 12.2. The van der Waals surface area contributed by atoms with Gasteiger partial charge in [0.1, 0.15) is 0 Å². The largest absolute Gasteiger partial charge is 0.337 e. The molecule has 0 bridgehead atoms. The molecule has 2 aliphatic heterocycles. The number of hydrogen-bond donors (Lipinski definition) is 0. The standard InChI is InChI=1S/C15H24N4O/c1-13-10-18-8-2-4-14(18)11-19(13)15(20)5-3-7-17-9-6-16-12-17/h6,9,12-14H,2-5,7-8,10-11H2,1H3. The normalized spacial score (nSPS) is 26.8. The van der Waals surface area contributed by atoms with Crippen molar-refractivity contribution in [1.82, 2.24) is 19.4 Å². The second-order valence-electron chi connectivity index (χ2n) is 6.09. The number of amides is 1. The van der Waals surface area contributed by atoms with Gasteiger partial charge in [0.15, 0.2) is 0 Å². The molecule has 20 heavy (non-hydrogen) atoms. The van der Waals surface area contributed by atoms with Crippen molar-refractivity contribution in [2.75, 3.05) is 19.6 Å². The van der Waals surface area contributed by atoms with Crippen molar-refractivity contribution in [3.05, 3.63) is 18.7 Å². The van der Waals surface area contributed by atoms with Crippen LogP contribution in [0.15, 0.2) is 18.7 Å². The van der Waals surface area contributed by atoms with E-state index in [0.717, 1.165) is 26.1 Å². The molecule has 110 valence electrons. The Morgan fingerprint density at radius 1 is 1.40 bits per heavy atom. The second kappa shape index (κ2) is 5.95. The van der Waals surface area contributed by atoms with Crippen molar-refractivity contribution in [3.63, 3.8) is 0 Å². The lowest BCUT2D eigenvalue weighted by atomic mass is 10.1. The summed E-state index contributed by atoms with van der Waals surface area (Å²) in [6.07, 6.45) is 9.63. The molecule has 5 heteroatoms. The number of aromatic nitrogens is 2. The van der Waals surface area contributed by atoms with Crippen LogP contribution in [0.5, 0.6) is 0 Å². The number of piperazine rings is 1. The molecule has 0 aromatic carbocycles. The van der Waals surface area contributed by atoms with E-state index in [-0.39, 0.29) is 0 Å². The molecule has 3 heterocycles. The highest BCUT2D eigenvalue weighted by Crippen LogP contribution is 2.25. The summed E-state index contributed by atoms with van der Waals surface area (Å²) < 4.78 is 2.03. The molecule has 2 unspecified atom stereocenters. The van der Waals surface area contributed by atoms with E-state index in [1.54, 1.807) is 6.20 Å². The van der Waals surface area contributed by atoms with Gasteiger partial charge >= 0.3 is 0 Å². The summed E-state index contributed by atoms with van der Waals surface area (Å²) in [6.45, 7) is 6.27. The molecule has 2 fully saturated rings. The molecule has 1 aromatic heterocycles. The first kappa shape index (κ1) is 13.6. The molecule has 2 atom stereocenters. The smallest absolute Gasteiger partial charge is 0.222 e. The highest BCUT2D eigenvalue weighted by atomic mass is 16.2. The van der Waals surface area contributed by atoms with E-state index in [2.05, 4.69) is 21.7 Å². The minimum absolute atomic E-state index is 0.323. The Balaban J connectivity index is 1.48. The fraction of sp³-hybridized carbons (Fsp3) is 0.733. The summed E-state index contributed by atoms with van der Waals surface area (Å²) in [7, 11) is 0. The molecular formula is C15H24N4O. The minimum Gasteiger partial charge on any atom is -0.337 e. The minimum atomic E-state index is 0.323. The van der Waals surface area contributed by atoms with E-state index >= 15 is 0 Å². The van der Waals surface area contributed by atoms with Crippen LogP contribution in [0.1, 0.15) is 32.6 Å². The molecule has 0 saturated carbocycles. The third-order valence-corrected chi connectivity index (χ3v) is 4.62. The van der Waals surface area contributed by atoms with Crippen LogP contribution >= 0.6 is 0 Å². The maximum atomic E-state index is 12.4. The summed E-state index contributed by atoms with van der Waals surface area (Å²) in [5.74, 6) is 0.323. The molecule has 5 nitrogen and oxygen atoms in total. The van der Waals surface area contributed by atoms with Crippen LogP contribution in [-0.4, -0.2) is 57.0 Å². The monoisotopic (exact) mass is 276 g/mol. The first-order valence-corrected chi connectivity index (χ1v) is 7.73. The van der Waals surface area contributed by atoms with Crippen molar-refractivity contribution in [2.45, 2.75) is 51.2 Å². The highest BCUT2D eigenvalue weighted by molar-refractivity contribution is 5.76. The molecule has 1 aromatic rings. The number of carbonyl (C=O) groups is 1. The van der Waals surface area contributed by atoms with Gasteiger partial charge in [0.25, 0.3) is 0 Å². The van der Waals surface area contributed by atoms with E-state index in [4.69, 9.17) is 0 Å². The van der Waals surface area contributed by atoms with Gasteiger partial charge in [0, 0.05) is 50.5 Å². The first-order valence-electron chi connectivity index (χ1n) is 7.73. The van der Waals surface area contributed by atoms with Crippen molar-refractivity contribution in [2.24, 2.45) is 0 Å². The van der Waals surface area contributed by atoms with Gasteiger partial charge in [-0.2, -0.15) is 0 Å². The summed E-state index contributed by atoms with van der Waals surface area (Å²) in [5.41, 5.74) is 0. The van der Waals surface area contributed by atoms with Gasteiger partial charge in [-0.25, -0.2) is 4.98 Å². The van der Waals surface area contributed by atoms with E-state index in [1.807, 2.05) is 17.1 Å². The number of aryl methyl sites for hydroxylation is 1. The fourth-order valence-electron chi connectivity index (χ4n) is 3.51. The Hall–Kier alpha value is -1.36. The maximum absolute atomic E-state index is 12.4. The molecule has 2 saturated heterocycles. The molecule has 0 spiro atoms. The number of fused-ring (bicyclic) bond motifs is 1. The van der Waals surface area contributed by atoms with E-state index in [0.29, 0.717) is 24.4 Å². The first-order chi connectivity index (χ1) is 9.74. The average molecular weight is 276 g/mol. The van der Waals surface area contributed by atoms with Crippen LogP contribution in [0.25, 0.3) is 0 Å². The number of hydrogen-bond acceptors (Lipinski definition) is 3. The number of imidazole rings is 1. The molecule has 0 N–H and O–H groups in total. The maximum Gasteiger partial charge on any atom is 0.222 e. The second-order valence-corrected chi connectivity index (χ2v) is 6.09. The Labute approximate surface area is 120 Å². The summed E-state index contributed by atoms with van der Waals surface area (Å²) in [5, 5.41) is 0. The summed E-state index contributed by atoms with van der Waals surface area (Å²) in [6, 6.07) is 0.980. The third-order valence-electron chi connectivity index (χ3n) is 4.62. The van der Waals surface area contributed by atoms with E-state index in [9.17, 15) is 4.79 Å². The van der Waals surface area contributed by atoms with Gasteiger partial charge in [-0.3, -0.25) is 9.69 Å². The van der Waals surface area contributed by atoms with Crippen LogP contribution in [0.4, 0.5) is 0 Å². The predicted molar refractivity (Wildman–Crippen MR) is 77.2 cm³/mol. The van der Waals surface area contributed by atoms with Crippen LogP contribution in [0.2, 0.25) is 0 Å². The SMILES string of the molecule is CC1CN2CCCC2CN1C(=O)CCCn1ccnc1. The lowest BCUT2D eigenvalue weighted by Crippen LogP contribution is -2.56. The fourth-order valence-corrected chi connectivity index (χ4v) is 3.51. The lowest BCUT2D eigenvalue weighted by Gasteiger charge is -2.42. The zero-order valence-corrected chi connectivity index (χ0v) is 12.2. The molecule has 1 amide bonds. The van der Waals surface area contributed by atoms with Crippen molar-refractivity contribution in [1.29, 1.82) is 0 Å². The highest BCUT2D eigenvalue weighted by Gasteiger charge is 2.35. The number of carbonyl (C=O) groups excluding carboxylic acids is 1. The summed E-state index contributed by atoms with van der Waals surface area (Å²) in [4.78, 5) is 21.1. The Morgan fingerprint density at radius 2 is 2.30 bits per heavy atom. The molecule has 3 rings (SSSR count). The average Bonchev–Trinajstić information content (AvgIpc) is 3.08. The van der Waals surface area contributed by atoms with Gasteiger partial charge in [0.2, 0.25) is 5.91 Å². The van der Waals surface area contributed by atoms with Crippen LogP contribution < -0.4 is 0 Å². The molecule has 0 aliphatic carbocycles. The molecular weight excluding hydrogens is 252 g/mol.